The number of nitrogens with zero attached hydrogens (tertiary/aromatic N) is 3. The lowest BCUT2D eigenvalue weighted by Crippen LogP contribution is -2.40. The van der Waals surface area contributed by atoms with Crippen LogP contribution in [0.5, 0.6) is 0 Å². The Hall–Kier alpha value is -11.6. The van der Waals surface area contributed by atoms with E-state index in [9.17, 15) is 0 Å². The lowest BCUT2D eigenvalue weighted by atomic mass is 9.76. The highest BCUT2D eigenvalue weighted by molar-refractivity contribution is 5.84. The number of fused-ring (bicyclic) bond motifs is 3. The van der Waals surface area contributed by atoms with Crippen molar-refractivity contribution in [1.82, 2.24) is 4.57 Å². The Morgan fingerprint density at radius 3 is 1.90 bits per heavy atom. The van der Waals surface area contributed by atoms with Crippen molar-refractivity contribution >= 4 is 29.4 Å². The second-order valence-corrected chi connectivity index (χ2v) is 34.0. The molecular formula is C111H107N5. The minimum atomic E-state index is -0.152. The number of allylic oxidation sites excluding steroid dienone is 31. The smallest absolute Gasteiger partial charge is 0.0756 e. The van der Waals surface area contributed by atoms with Gasteiger partial charge in [-0.2, -0.15) is 0 Å². The number of nitrogens with two attached hydrogens (primary N) is 1. The summed E-state index contributed by atoms with van der Waals surface area (Å²) < 4.78 is 2.65. The summed E-state index contributed by atoms with van der Waals surface area (Å²) in [5.41, 5.74) is 34.6. The second-order valence-electron chi connectivity index (χ2n) is 34.0. The van der Waals surface area contributed by atoms with Gasteiger partial charge in [0.25, 0.3) is 0 Å². The minimum absolute atomic E-state index is 0.0930. The number of hydrazine groups is 1. The van der Waals surface area contributed by atoms with Crippen molar-refractivity contribution in [2.24, 2.45) is 34.5 Å². The minimum Gasteiger partial charge on any atom is -0.378 e. The van der Waals surface area contributed by atoms with Gasteiger partial charge in [-0.1, -0.05) is 297 Å². The molecule has 0 saturated heterocycles. The van der Waals surface area contributed by atoms with E-state index >= 15 is 0 Å². The van der Waals surface area contributed by atoms with Crippen molar-refractivity contribution in [1.29, 1.82) is 0 Å². The van der Waals surface area contributed by atoms with Gasteiger partial charge in [-0.15, -0.1) is 0 Å². The van der Waals surface area contributed by atoms with Crippen LogP contribution >= 0.6 is 0 Å². The van der Waals surface area contributed by atoms with E-state index in [4.69, 9.17) is 10.8 Å². The van der Waals surface area contributed by atoms with E-state index in [0.29, 0.717) is 36.1 Å². The molecular weight excluding hydrogens is 1400 g/mol. The zero-order valence-corrected chi connectivity index (χ0v) is 67.0. The van der Waals surface area contributed by atoms with Crippen LogP contribution in [0.3, 0.4) is 0 Å². The SMILES string of the molecule is NN(CC(N=Cc1cccc(-c2cccc(-c3cccc(C4C=CC=C(C5C=C(n6c7c(c8c6CCCC8)CCC=C7)C=CC5)C4)c3)c2)c1)C1C=CC=C(C2=CC(c3cccc(-c4cccc(-c5cccc(NC6C=CC=CC6C6=CCCC=C6)c5)c4)c3)CC=C2)C1)c1ccc(C2CCC=C(C3C=C(C4=CC=CCC4)C=CC3)C2)cc1. The normalized spacial score (nSPS) is 23.5. The largest absolute Gasteiger partial charge is 0.378 e. The van der Waals surface area contributed by atoms with Crippen LogP contribution in [0, 0.1) is 23.7 Å². The van der Waals surface area contributed by atoms with E-state index in [1.807, 2.05) is 5.01 Å². The first-order valence-corrected chi connectivity index (χ1v) is 43.5. The molecule has 116 heavy (non-hydrogen) atoms. The Bertz CT molecular complexity index is 5690. The lowest BCUT2D eigenvalue weighted by Gasteiger charge is -2.31. The van der Waals surface area contributed by atoms with E-state index in [-0.39, 0.29) is 23.9 Å². The first-order valence-electron chi connectivity index (χ1n) is 43.5. The molecule has 11 aliphatic carbocycles. The summed E-state index contributed by atoms with van der Waals surface area (Å²) in [4.78, 5) is 5.63. The highest BCUT2D eigenvalue weighted by atomic mass is 15.4. The van der Waals surface area contributed by atoms with Gasteiger partial charge >= 0.3 is 0 Å². The Morgan fingerprint density at radius 1 is 0.466 bits per heavy atom. The van der Waals surface area contributed by atoms with Gasteiger partial charge in [0.1, 0.15) is 0 Å². The molecule has 0 bridgehead atoms. The van der Waals surface area contributed by atoms with Crippen LogP contribution in [0.4, 0.5) is 11.4 Å². The number of benzene rings is 7. The molecule has 576 valence electrons. The highest BCUT2D eigenvalue weighted by Crippen LogP contribution is 2.45. The summed E-state index contributed by atoms with van der Waals surface area (Å²) in [6.07, 6.45) is 88.6. The Balaban J connectivity index is 0.554. The molecule has 19 rings (SSSR count). The van der Waals surface area contributed by atoms with Crippen LogP contribution in [0.2, 0.25) is 0 Å². The number of hydrogen-bond donors (Lipinski definition) is 2. The highest BCUT2D eigenvalue weighted by Gasteiger charge is 2.32. The van der Waals surface area contributed by atoms with Gasteiger partial charge < -0.3 is 14.9 Å². The fourth-order valence-electron chi connectivity index (χ4n) is 20.3. The third-order valence-electron chi connectivity index (χ3n) is 26.5. The molecule has 9 unspecified atom stereocenters. The Labute approximate surface area is 688 Å². The van der Waals surface area contributed by atoms with E-state index < -0.39 is 0 Å². The molecule has 8 aromatic rings. The fraction of sp³-hybridized carbons (Fsp3) is 0.252. The van der Waals surface area contributed by atoms with Crippen LogP contribution < -0.4 is 16.2 Å². The maximum Gasteiger partial charge on any atom is 0.0756 e. The molecule has 1 heterocycles. The number of nitrogens with one attached hydrogen (secondary N) is 1. The molecule has 0 spiro atoms. The van der Waals surface area contributed by atoms with Crippen molar-refractivity contribution in [3.63, 3.8) is 0 Å². The topological polar surface area (TPSA) is 58.6 Å². The number of hydrogen-bond acceptors (Lipinski definition) is 4. The Kier molecular flexibility index (Phi) is 22.1. The monoisotopic (exact) mass is 1510 g/mol. The average Bonchev–Trinajstić information content (AvgIpc) is 1.59. The lowest BCUT2D eigenvalue weighted by molar-refractivity contribution is 0.492. The van der Waals surface area contributed by atoms with Crippen molar-refractivity contribution < 1.29 is 0 Å². The molecule has 0 radical (unpaired) electrons. The Morgan fingerprint density at radius 2 is 1.12 bits per heavy atom. The van der Waals surface area contributed by atoms with E-state index in [1.54, 1.807) is 22.4 Å². The molecule has 0 amide bonds. The van der Waals surface area contributed by atoms with Crippen LogP contribution in [-0.2, 0) is 19.3 Å². The van der Waals surface area contributed by atoms with Gasteiger partial charge in [-0.3, -0.25) is 4.99 Å². The molecule has 7 aromatic carbocycles. The van der Waals surface area contributed by atoms with Crippen molar-refractivity contribution in [3.05, 3.63) is 418 Å². The number of aromatic nitrogens is 1. The van der Waals surface area contributed by atoms with E-state index in [0.717, 1.165) is 100 Å². The summed E-state index contributed by atoms with van der Waals surface area (Å²) in [7, 11) is 0. The van der Waals surface area contributed by atoms with Crippen molar-refractivity contribution in [3.8, 4) is 44.5 Å². The zero-order chi connectivity index (χ0) is 77.5. The first-order chi connectivity index (χ1) is 57.3. The molecule has 0 fully saturated rings. The summed E-state index contributed by atoms with van der Waals surface area (Å²) >= 11 is 0. The summed E-state index contributed by atoms with van der Waals surface area (Å²) in [5, 5.41) is 5.85. The number of anilines is 2. The predicted molar refractivity (Wildman–Crippen MR) is 491 cm³/mol. The zero-order valence-electron chi connectivity index (χ0n) is 67.0. The van der Waals surface area contributed by atoms with E-state index in [1.165, 1.54) is 138 Å². The molecule has 5 heteroatoms. The number of rotatable bonds is 21. The van der Waals surface area contributed by atoms with Gasteiger partial charge in [-0.05, 0) is 282 Å². The van der Waals surface area contributed by atoms with Crippen LogP contribution in [0.15, 0.2) is 378 Å². The molecule has 0 saturated carbocycles. The van der Waals surface area contributed by atoms with Crippen molar-refractivity contribution in [2.45, 2.75) is 145 Å². The summed E-state index contributed by atoms with van der Waals surface area (Å²) in [6, 6.07) is 63.9. The quantitative estimate of drug-likeness (QED) is 0.0326. The summed E-state index contributed by atoms with van der Waals surface area (Å²) in [5.74, 6) is 9.61. The average molecular weight is 1510 g/mol. The van der Waals surface area contributed by atoms with Gasteiger partial charge in [0, 0.05) is 64.5 Å². The summed E-state index contributed by atoms with van der Waals surface area (Å²) in [6.45, 7) is 0.547. The fourth-order valence-corrected chi connectivity index (χ4v) is 20.3. The van der Waals surface area contributed by atoms with Gasteiger partial charge in [0.2, 0.25) is 0 Å². The second kappa shape index (κ2) is 34.4. The number of aliphatic imine (C=N–C) groups is 1. The predicted octanol–water partition coefficient (Wildman–Crippen LogP) is 27.2. The standard InChI is InChI=1S/C111H107N5/c112-115(103-61-59-79(60-62-103)83-32-15-35-86(65-83)85-34-14-31-82(64-85)78-26-3-1-4-27-78)76-109(101-50-22-47-98(72-101)95-44-19-41-92(69-95)89-38-18-39-90(68-89)93-42-20-45-96(70-93)99-48-23-51-102(73-99)114-108-56-10-7-53-105(108)80-28-5-2-6-29-80)113-75-77-25-13-30-81(63-77)84-33-16-36-87(66-84)88-37-17-40-91(67-88)94-43-21-46-97(71-94)100-49-24-52-104(74-100)116-110-57-11-8-54-106(110)107-55-9-12-58-111(107)116/h1,3,5,7,10-11,13-14,16-26,28-31,33,35-40,42-48,50-53,56-57,59-64,66-70,73-75,83,85,92,94,100-101,105,108-109,114H,2,4,6,8-9,12,15,27,32,34,41,49,54-55,58,65,71-72,76,112H2. The van der Waals surface area contributed by atoms with Gasteiger partial charge in [0.15, 0.2) is 0 Å². The molecule has 9 atom stereocenters. The van der Waals surface area contributed by atoms with Crippen LogP contribution in [0.1, 0.15) is 159 Å². The van der Waals surface area contributed by atoms with Crippen LogP contribution in [-0.4, -0.2) is 29.4 Å². The van der Waals surface area contributed by atoms with Gasteiger partial charge in [0.05, 0.1) is 24.3 Å². The molecule has 3 N–H and O–H groups in total. The third-order valence-corrected chi connectivity index (χ3v) is 26.5. The van der Waals surface area contributed by atoms with E-state index in [2.05, 4.69) is 356 Å². The third kappa shape index (κ3) is 16.5. The molecule has 1 aromatic heterocycles. The van der Waals surface area contributed by atoms with Gasteiger partial charge in [-0.25, -0.2) is 5.84 Å². The first kappa shape index (κ1) is 74.5. The van der Waals surface area contributed by atoms with Crippen LogP contribution in [0.25, 0.3) is 56.3 Å². The maximum atomic E-state index is 7.36. The molecule has 0 aliphatic heterocycles. The maximum absolute atomic E-state index is 7.36. The van der Waals surface area contributed by atoms with Crippen molar-refractivity contribution in [2.75, 3.05) is 16.9 Å². The molecule has 5 nitrogen and oxygen atoms in total. The molecule has 11 aliphatic rings.